The van der Waals surface area contributed by atoms with Crippen molar-refractivity contribution in [3.8, 4) is 0 Å². The molecule has 21 heavy (non-hydrogen) atoms. The van der Waals surface area contributed by atoms with Gasteiger partial charge in [0.15, 0.2) is 11.6 Å². The van der Waals surface area contributed by atoms with Crippen molar-refractivity contribution in [2.75, 3.05) is 6.54 Å². The van der Waals surface area contributed by atoms with Crippen molar-refractivity contribution < 1.29 is 17.2 Å². The molecule has 0 radical (unpaired) electrons. The number of hydrogen-bond acceptors (Lipinski definition) is 3. The predicted molar refractivity (Wildman–Crippen MR) is 78.7 cm³/mol. The molecule has 1 fully saturated rings. The molecule has 0 spiro atoms. The Bertz CT molecular complexity index is 578. The van der Waals surface area contributed by atoms with E-state index in [-0.39, 0.29) is 24.9 Å². The van der Waals surface area contributed by atoms with E-state index in [9.17, 15) is 17.2 Å². The van der Waals surface area contributed by atoms with E-state index in [0.29, 0.717) is 0 Å². The molecule has 1 unspecified atom stereocenters. The van der Waals surface area contributed by atoms with Crippen LogP contribution in [0.5, 0.6) is 0 Å². The summed E-state index contributed by atoms with van der Waals surface area (Å²) in [5.74, 6) is -2.38. The van der Waals surface area contributed by atoms with Crippen LogP contribution in [0.15, 0.2) is 23.1 Å². The standard InChI is InChI=1S/C13H18F2N2O2S.ClH/c14-10-6-3-7-12(13(10)15)20(18,19)17-11(8-16)9-4-1-2-5-9;/h3,6-7,9,11,17H,1-2,4-5,8,16H2;1H. The van der Waals surface area contributed by atoms with E-state index in [4.69, 9.17) is 5.73 Å². The highest BCUT2D eigenvalue weighted by Gasteiger charge is 2.30. The second-order valence-electron chi connectivity index (χ2n) is 5.06. The normalized spacial score (nSPS) is 17.5. The Morgan fingerprint density at radius 1 is 1.29 bits per heavy atom. The van der Waals surface area contributed by atoms with E-state index in [1.165, 1.54) is 6.07 Å². The summed E-state index contributed by atoms with van der Waals surface area (Å²) in [6, 6.07) is 2.65. The zero-order valence-electron chi connectivity index (χ0n) is 11.4. The average Bonchev–Trinajstić information content (AvgIpc) is 2.93. The molecule has 120 valence electrons. The first-order valence-electron chi connectivity index (χ1n) is 6.62. The molecule has 0 aliphatic heterocycles. The Morgan fingerprint density at radius 2 is 1.90 bits per heavy atom. The number of nitrogens with one attached hydrogen (secondary N) is 1. The number of rotatable bonds is 5. The first kappa shape index (κ1) is 18.3. The van der Waals surface area contributed by atoms with Crippen LogP contribution in [0.2, 0.25) is 0 Å². The van der Waals surface area contributed by atoms with Crippen LogP contribution >= 0.6 is 12.4 Å². The summed E-state index contributed by atoms with van der Waals surface area (Å²) in [4.78, 5) is -0.672. The summed E-state index contributed by atoms with van der Waals surface area (Å²) >= 11 is 0. The van der Waals surface area contributed by atoms with Crippen molar-refractivity contribution >= 4 is 22.4 Å². The fourth-order valence-corrected chi connectivity index (χ4v) is 4.06. The van der Waals surface area contributed by atoms with Crippen molar-refractivity contribution in [1.82, 2.24) is 4.72 Å². The van der Waals surface area contributed by atoms with Gasteiger partial charge in [-0.3, -0.25) is 0 Å². The van der Waals surface area contributed by atoms with Gasteiger partial charge in [-0.05, 0) is 30.9 Å². The summed E-state index contributed by atoms with van der Waals surface area (Å²) in [7, 11) is -4.11. The maximum Gasteiger partial charge on any atom is 0.243 e. The zero-order valence-corrected chi connectivity index (χ0v) is 13.0. The van der Waals surface area contributed by atoms with Gasteiger partial charge >= 0.3 is 0 Å². The molecule has 0 aromatic heterocycles. The second-order valence-corrected chi connectivity index (χ2v) is 6.74. The molecule has 0 heterocycles. The van der Waals surface area contributed by atoms with E-state index in [0.717, 1.165) is 37.8 Å². The van der Waals surface area contributed by atoms with Gasteiger partial charge in [0, 0.05) is 12.6 Å². The molecular weight excluding hydrogens is 322 g/mol. The minimum Gasteiger partial charge on any atom is -0.329 e. The first-order chi connectivity index (χ1) is 9.45. The molecule has 1 aliphatic rings. The van der Waals surface area contributed by atoms with Crippen LogP contribution in [0.25, 0.3) is 0 Å². The predicted octanol–water partition coefficient (Wildman–Crippen LogP) is 2.18. The smallest absolute Gasteiger partial charge is 0.243 e. The molecule has 4 nitrogen and oxygen atoms in total. The van der Waals surface area contributed by atoms with Gasteiger partial charge < -0.3 is 5.73 Å². The number of nitrogens with two attached hydrogens (primary N) is 1. The topological polar surface area (TPSA) is 72.2 Å². The largest absolute Gasteiger partial charge is 0.329 e. The molecule has 0 amide bonds. The van der Waals surface area contributed by atoms with Gasteiger partial charge in [0.1, 0.15) is 4.90 Å². The molecule has 1 aromatic rings. The highest BCUT2D eigenvalue weighted by molar-refractivity contribution is 7.89. The fraction of sp³-hybridized carbons (Fsp3) is 0.538. The number of sulfonamides is 1. The Hall–Kier alpha value is -0.760. The van der Waals surface area contributed by atoms with Crippen LogP contribution < -0.4 is 10.5 Å². The summed E-state index contributed by atoms with van der Waals surface area (Å²) in [6.07, 6.45) is 3.88. The van der Waals surface area contributed by atoms with E-state index in [1.54, 1.807) is 0 Å². The van der Waals surface area contributed by atoms with Crippen LogP contribution in [-0.2, 0) is 10.0 Å². The maximum absolute atomic E-state index is 13.6. The quantitative estimate of drug-likeness (QED) is 0.863. The van der Waals surface area contributed by atoms with Crippen molar-refractivity contribution in [2.24, 2.45) is 11.7 Å². The van der Waals surface area contributed by atoms with Gasteiger partial charge in [0.05, 0.1) is 0 Å². The van der Waals surface area contributed by atoms with Gasteiger partial charge in [-0.15, -0.1) is 12.4 Å². The third kappa shape index (κ3) is 4.12. The van der Waals surface area contributed by atoms with Crippen LogP contribution in [0.1, 0.15) is 25.7 Å². The molecule has 1 saturated carbocycles. The second kappa shape index (κ2) is 7.49. The maximum atomic E-state index is 13.6. The highest BCUT2D eigenvalue weighted by Crippen LogP contribution is 2.28. The van der Waals surface area contributed by atoms with E-state index >= 15 is 0 Å². The first-order valence-corrected chi connectivity index (χ1v) is 8.10. The Kier molecular flexibility index (Phi) is 6.52. The van der Waals surface area contributed by atoms with Crippen LogP contribution in [0.4, 0.5) is 8.78 Å². The molecule has 0 bridgehead atoms. The SMILES string of the molecule is Cl.NCC(NS(=O)(=O)c1cccc(F)c1F)C1CCCC1. The molecule has 1 aliphatic carbocycles. The van der Waals surface area contributed by atoms with Gasteiger partial charge in [-0.1, -0.05) is 18.9 Å². The fourth-order valence-electron chi connectivity index (χ4n) is 2.65. The molecular formula is C13H19ClF2N2O2S. The lowest BCUT2D eigenvalue weighted by Gasteiger charge is -2.23. The van der Waals surface area contributed by atoms with E-state index < -0.39 is 32.6 Å². The molecule has 2 rings (SSSR count). The van der Waals surface area contributed by atoms with Crippen molar-refractivity contribution in [2.45, 2.75) is 36.6 Å². The minimum atomic E-state index is -4.11. The molecule has 3 N–H and O–H groups in total. The zero-order chi connectivity index (χ0) is 14.8. The van der Waals surface area contributed by atoms with Crippen molar-refractivity contribution in [3.05, 3.63) is 29.8 Å². The minimum absolute atomic E-state index is 0. The summed E-state index contributed by atoms with van der Waals surface area (Å²) in [6.45, 7) is 0.140. The van der Waals surface area contributed by atoms with Crippen LogP contribution in [0, 0.1) is 17.6 Å². The lowest BCUT2D eigenvalue weighted by Crippen LogP contribution is -2.44. The number of hydrogen-bond donors (Lipinski definition) is 2. The monoisotopic (exact) mass is 340 g/mol. The van der Waals surface area contributed by atoms with E-state index in [1.807, 2.05) is 0 Å². The summed E-state index contributed by atoms with van der Waals surface area (Å²) in [5, 5.41) is 0. The Morgan fingerprint density at radius 3 is 2.48 bits per heavy atom. The summed E-state index contributed by atoms with van der Waals surface area (Å²) < 4.78 is 53.5. The number of benzene rings is 1. The van der Waals surface area contributed by atoms with E-state index in [2.05, 4.69) is 4.72 Å². The van der Waals surface area contributed by atoms with Crippen molar-refractivity contribution in [3.63, 3.8) is 0 Å². The lowest BCUT2D eigenvalue weighted by molar-refractivity contribution is 0.403. The molecule has 1 atom stereocenters. The van der Waals surface area contributed by atoms with Crippen LogP contribution in [0.3, 0.4) is 0 Å². The highest BCUT2D eigenvalue weighted by atomic mass is 35.5. The molecule has 1 aromatic carbocycles. The third-order valence-corrected chi connectivity index (χ3v) is 5.24. The number of halogens is 3. The van der Waals surface area contributed by atoms with Crippen LogP contribution in [-0.4, -0.2) is 21.0 Å². The van der Waals surface area contributed by atoms with Gasteiger partial charge in [-0.2, -0.15) is 0 Å². The third-order valence-electron chi connectivity index (χ3n) is 3.74. The lowest BCUT2D eigenvalue weighted by atomic mass is 9.99. The molecule has 0 saturated heterocycles. The van der Waals surface area contributed by atoms with Crippen molar-refractivity contribution in [1.29, 1.82) is 0 Å². The summed E-state index contributed by atoms with van der Waals surface area (Å²) in [5.41, 5.74) is 5.61. The average molecular weight is 341 g/mol. The van der Waals surface area contributed by atoms with Gasteiger partial charge in [-0.25, -0.2) is 21.9 Å². The molecule has 8 heteroatoms. The van der Waals surface area contributed by atoms with Gasteiger partial charge in [0.25, 0.3) is 0 Å². The Labute approximate surface area is 129 Å². The van der Waals surface area contributed by atoms with Gasteiger partial charge in [0.2, 0.25) is 10.0 Å². The Balaban J connectivity index is 0.00000220.